The van der Waals surface area contributed by atoms with Crippen LogP contribution in [0.2, 0.25) is 0 Å². The second kappa shape index (κ2) is 14.7. The Morgan fingerprint density at radius 1 is 0.920 bits per heavy atom. The molecule has 252 valence electrons. The van der Waals surface area contributed by atoms with Crippen molar-refractivity contribution in [2.75, 3.05) is 30.4 Å². The molecular formula is C38H33BrN6O4S. The number of carbonyl (C=O) groups excluding carboxylic acids is 1. The maximum Gasteiger partial charge on any atom is 0.296 e. The molecule has 1 aliphatic heterocycles. The lowest BCUT2D eigenvalue weighted by Gasteiger charge is -2.24. The van der Waals surface area contributed by atoms with Gasteiger partial charge in [0.15, 0.2) is 22.5 Å². The number of nitrogens with zero attached hydrogens (tertiary/aromatic N) is 6. The van der Waals surface area contributed by atoms with Gasteiger partial charge >= 0.3 is 0 Å². The maximum absolute atomic E-state index is 14.3. The smallest absolute Gasteiger partial charge is 0.296 e. The lowest BCUT2D eigenvalue weighted by atomic mass is 10.2. The number of hydrogen-bond acceptors (Lipinski definition) is 7. The minimum Gasteiger partial charge on any atom is -0.486 e. The third-order valence-corrected chi connectivity index (χ3v) is 9.96. The number of anilines is 1. The summed E-state index contributed by atoms with van der Waals surface area (Å²) in [6.45, 7) is 3.13. The van der Waals surface area contributed by atoms with Crippen LogP contribution >= 0.6 is 27.7 Å². The molecule has 2 aromatic heterocycles. The molecule has 0 spiro atoms. The van der Waals surface area contributed by atoms with E-state index in [0.717, 1.165) is 21.3 Å². The van der Waals surface area contributed by atoms with Gasteiger partial charge in [0.25, 0.3) is 5.56 Å². The van der Waals surface area contributed by atoms with Gasteiger partial charge in [0, 0.05) is 35.4 Å². The predicted octanol–water partition coefficient (Wildman–Crippen LogP) is 7.10. The molecule has 4 aromatic carbocycles. The summed E-state index contributed by atoms with van der Waals surface area (Å²) >= 11 is 4.88. The number of para-hydroxylation sites is 1. The Morgan fingerprint density at radius 3 is 2.38 bits per heavy atom. The molecule has 0 atom stereocenters. The van der Waals surface area contributed by atoms with Crippen LogP contribution in [0, 0.1) is 6.92 Å². The quantitative estimate of drug-likeness (QED) is 0.138. The Hall–Kier alpha value is -5.33. The van der Waals surface area contributed by atoms with Crippen molar-refractivity contribution in [3.8, 4) is 34.3 Å². The summed E-state index contributed by atoms with van der Waals surface area (Å²) in [6, 6.07) is 32.6. The molecule has 6 aromatic rings. The largest absolute Gasteiger partial charge is 0.486 e. The van der Waals surface area contributed by atoms with E-state index in [-0.39, 0.29) is 17.2 Å². The normalized spacial score (nSPS) is 12.4. The van der Waals surface area contributed by atoms with Crippen molar-refractivity contribution in [2.24, 2.45) is 7.05 Å². The summed E-state index contributed by atoms with van der Waals surface area (Å²) in [5.74, 6) is 1.59. The first-order valence-electron chi connectivity index (χ1n) is 16.0. The number of fused-ring (bicyclic) bond motifs is 1. The number of benzene rings is 4. The topological polar surface area (TPSA) is 96.4 Å². The van der Waals surface area contributed by atoms with Crippen LogP contribution in [0.15, 0.2) is 124 Å². The molecule has 0 N–H and O–H groups in total. The van der Waals surface area contributed by atoms with E-state index < -0.39 is 0 Å². The van der Waals surface area contributed by atoms with E-state index in [0.29, 0.717) is 59.3 Å². The second-order valence-electron chi connectivity index (χ2n) is 11.5. The van der Waals surface area contributed by atoms with Crippen LogP contribution in [-0.4, -0.2) is 55.5 Å². The zero-order chi connectivity index (χ0) is 34.6. The molecule has 10 nitrogen and oxygen atoms in total. The fourth-order valence-electron chi connectivity index (χ4n) is 5.81. The van der Waals surface area contributed by atoms with Crippen LogP contribution in [0.25, 0.3) is 28.8 Å². The molecule has 0 bridgehead atoms. The highest BCUT2D eigenvalue weighted by Gasteiger charge is 2.27. The van der Waals surface area contributed by atoms with Gasteiger partial charge < -0.3 is 14.4 Å². The lowest BCUT2D eigenvalue weighted by Crippen LogP contribution is -2.33. The van der Waals surface area contributed by atoms with Gasteiger partial charge in [0.05, 0.1) is 17.1 Å². The fraction of sp³-hybridized carbons (Fsp3) is 0.158. The van der Waals surface area contributed by atoms with E-state index in [2.05, 4.69) is 26.1 Å². The van der Waals surface area contributed by atoms with Gasteiger partial charge in [-0.3, -0.25) is 18.8 Å². The number of halogens is 1. The minimum absolute atomic E-state index is 0.0282. The van der Waals surface area contributed by atoms with Crippen molar-refractivity contribution in [3.05, 3.63) is 135 Å². The van der Waals surface area contributed by atoms with Crippen molar-refractivity contribution in [1.82, 2.24) is 24.1 Å². The van der Waals surface area contributed by atoms with Crippen molar-refractivity contribution in [2.45, 2.75) is 12.1 Å². The first kappa shape index (κ1) is 33.2. The third kappa shape index (κ3) is 6.64. The third-order valence-electron chi connectivity index (χ3n) is 8.36. The number of thioether (sulfide) groups is 1. The van der Waals surface area contributed by atoms with Crippen molar-refractivity contribution in [1.29, 1.82) is 0 Å². The molecule has 12 heteroatoms. The summed E-state index contributed by atoms with van der Waals surface area (Å²) in [4.78, 5) is 30.1. The number of rotatable bonds is 10. The number of carbonyl (C=O) groups is 1. The van der Waals surface area contributed by atoms with Crippen LogP contribution in [0.4, 0.5) is 5.69 Å². The Labute approximate surface area is 301 Å². The van der Waals surface area contributed by atoms with Crippen molar-refractivity contribution < 1.29 is 14.3 Å². The van der Waals surface area contributed by atoms with Crippen LogP contribution in [-0.2, 0) is 11.8 Å². The number of aromatic nitrogens is 5. The van der Waals surface area contributed by atoms with E-state index in [1.54, 1.807) is 14.1 Å². The van der Waals surface area contributed by atoms with Crippen molar-refractivity contribution in [3.63, 3.8) is 0 Å². The molecule has 3 heterocycles. The summed E-state index contributed by atoms with van der Waals surface area (Å²) in [6.07, 6.45) is 3.95. The summed E-state index contributed by atoms with van der Waals surface area (Å²) in [7, 11) is 1.85. The highest BCUT2D eigenvalue weighted by molar-refractivity contribution is 9.10. The van der Waals surface area contributed by atoms with Crippen LogP contribution in [0.1, 0.15) is 11.3 Å². The first-order chi connectivity index (χ1) is 24.4. The second-order valence-corrected chi connectivity index (χ2v) is 13.3. The summed E-state index contributed by atoms with van der Waals surface area (Å²) < 4.78 is 17.6. The van der Waals surface area contributed by atoms with Crippen molar-refractivity contribution >= 4 is 45.4 Å². The predicted molar refractivity (Wildman–Crippen MR) is 200 cm³/mol. The van der Waals surface area contributed by atoms with Gasteiger partial charge in [-0.2, -0.15) is 0 Å². The van der Waals surface area contributed by atoms with E-state index in [4.69, 9.17) is 9.47 Å². The van der Waals surface area contributed by atoms with E-state index in [9.17, 15) is 9.59 Å². The van der Waals surface area contributed by atoms with Gasteiger partial charge in [-0.15, -0.1) is 10.2 Å². The van der Waals surface area contributed by atoms with Gasteiger partial charge in [-0.25, -0.2) is 4.68 Å². The van der Waals surface area contributed by atoms with Gasteiger partial charge in [-0.05, 0) is 42.8 Å². The highest BCUT2D eigenvalue weighted by atomic mass is 79.9. The van der Waals surface area contributed by atoms with Crippen LogP contribution < -0.4 is 19.9 Å². The molecule has 0 saturated heterocycles. The standard InChI is InChI=1S/C38H33BrN6O4S/c1-26-35(37(47)45(42(26)2)28-15-7-4-8-16-28)44-36(30-17-9-10-18-31(30)39)40-41-38(44)50-25-34(46)43(21-11-14-27-12-5-3-6-13-27)29-19-20-32-33(24-29)49-23-22-48-32/h3-20,24H,21-23,25H2,1-2H3/b14-11-. The number of amides is 1. The Bertz CT molecular complexity index is 2250. The van der Waals surface area contributed by atoms with Gasteiger partial charge in [-0.1, -0.05) is 107 Å². The van der Waals surface area contributed by atoms with E-state index in [1.807, 2.05) is 134 Å². The average molecular weight is 750 g/mol. The molecule has 0 aliphatic carbocycles. The average Bonchev–Trinajstić information content (AvgIpc) is 3.65. The van der Waals surface area contributed by atoms with E-state index in [1.165, 1.54) is 11.8 Å². The molecule has 0 radical (unpaired) electrons. The maximum atomic E-state index is 14.3. The zero-order valence-electron chi connectivity index (χ0n) is 27.4. The molecule has 7 rings (SSSR count). The van der Waals surface area contributed by atoms with Gasteiger partial charge in [0.1, 0.15) is 18.9 Å². The van der Waals surface area contributed by atoms with Crippen LogP contribution in [0.5, 0.6) is 11.5 Å². The fourth-order valence-corrected chi connectivity index (χ4v) is 7.08. The molecule has 0 fully saturated rings. The monoisotopic (exact) mass is 748 g/mol. The molecular weight excluding hydrogens is 716 g/mol. The first-order valence-corrected chi connectivity index (χ1v) is 17.8. The Balaban J connectivity index is 1.25. The highest BCUT2D eigenvalue weighted by Crippen LogP contribution is 2.36. The molecule has 1 aliphatic rings. The SMILES string of the molecule is Cc1c(-n2c(SCC(=O)N(C/C=C\c3ccccc3)c3ccc4c(c3)OCCO4)nnc2-c2ccccc2Br)c(=O)n(-c2ccccc2)n1C. The Kier molecular flexibility index (Phi) is 9.72. The number of hydrogen-bond donors (Lipinski definition) is 0. The Morgan fingerprint density at radius 2 is 1.62 bits per heavy atom. The minimum atomic E-state index is -0.235. The zero-order valence-corrected chi connectivity index (χ0v) is 29.8. The lowest BCUT2D eigenvalue weighted by molar-refractivity contribution is -0.116. The van der Waals surface area contributed by atoms with E-state index >= 15 is 0 Å². The molecule has 0 saturated carbocycles. The summed E-state index contributed by atoms with van der Waals surface area (Å²) in [5.41, 5.74) is 4.08. The van der Waals surface area contributed by atoms with Gasteiger partial charge in [0.2, 0.25) is 5.91 Å². The summed E-state index contributed by atoms with van der Waals surface area (Å²) in [5, 5.41) is 9.53. The van der Waals surface area contributed by atoms with Crippen LogP contribution in [0.3, 0.4) is 0 Å². The molecule has 1 amide bonds. The molecule has 50 heavy (non-hydrogen) atoms. The molecule has 0 unspecified atom stereocenters. The number of ether oxygens (including phenoxy) is 2.